The lowest BCUT2D eigenvalue weighted by Gasteiger charge is -2.07. The number of rotatable bonds is 4. The van der Waals surface area contributed by atoms with E-state index in [1.165, 1.54) is 11.3 Å². The topological polar surface area (TPSA) is 72.2 Å². The van der Waals surface area contributed by atoms with Crippen molar-refractivity contribution >= 4 is 28.8 Å². The Bertz CT molecular complexity index is 901. The number of nitrogens with one attached hydrogen (secondary N) is 1. The number of para-hydroxylation sites is 1. The third kappa shape index (κ3) is 3.21. The van der Waals surface area contributed by atoms with Gasteiger partial charge in [-0.25, -0.2) is 0 Å². The molecule has 5 heteroatoms. The van der Waals surface area contributed by atoms with Gasteiger partial charge in [-0.15, -0.1) is 11.3 Å². The minimum atomic E-state index is -0.571. The van der Waals surface area contributed by atoms with Crippen molar-refractivity contribution in [3.63, 3.8) is 0 Å². The maximum Gasteiger partial charge on any atom is 0.265 e. The summed E-state index contributed by atoms with van der Waals surface area (Å²) in [7, 11) is 0. The summed E-state index contributed by atoms with van der Waals surface area (Å²) in [6, 6.07) is 18.5. The fourth-order valence-electron chi connectivity index (χ4n) is 2.46. The Morgan fingerprint density at radius 1 is 1.00 bits per heavy atom. The van der Waals surface area contributed by atoms with Gasteiger partial charge >= 0.3 is 0 Å². The van der Waals surface area contributed by atoms with Gasteiger partial charge in [0.1, 0.15) is 0 Å². The van der Waals surface area contributed by atoms with Crippen molar-refractivity contribution in [2.24, 2.45) is 5.73 Å². The van der Waals surface area contributed by atoms with Crippen molar-refractivity contribution in [2.75, 3.05) is 5.32 Å². The number of nitrogens with two attached hydrogens (primary N) is 1. The Labute approximate surface area is 143 Å². The summed E-state index contributed by atoms with van der Waals surface area (Å²) in [6.45, 7) is 1.98. The summed E-state index contributed by atoms with van der Waals surface area (Å²) in [4.78, 5) is 25.6. The summed E-state index contributed by atoms with van der Waals surface area (Å²) in [5.74, 6) is -0.822. The number of carbonyl (C=O) groups excluding carboxylic acids is 2. The second-order valence-electron chi connectivity index (χ2n) is 5.35. The van der Waals surface area contributed by atoms with Crippen LogP contribution in [0.1, 0.15) is 25.6 Å². The number of benzene rings is 2. The van der Waals surface area contributed by atoms with Gasteiger partial charge in [-0.3, -0.25) is 9.59 Å². The molecule has 3 rings (SSSR count). The molecule has 3 aromatic rings. The standard InChI is InChI=1S/C19H16N2O2S/c1-12-11-16(24-17(12)13-7-3-2-4-8-13)19(23)21-15-10-6-5-9-14(15)18(20)22/h2-11H,1H3,(H2,20,22)(H,21,23). The molecule has 0 saturated carbocycles. The molecule has 3 N–H and O–H groups in total. The molecule has 1 heterocycles. The molecule has 2 aromatic carbocycles. The molecule has 0 unspecified atom stereocenters. The molecule has 0 atom stereocenters. The molecule has 1 aromatic heterocycles. The van der Waals surface area contributed by atoms with Crippen LogP contribution in [-0.4, -0.2) is 11.8 Å². The minimum Gasteiger partial charge on any atom is -0.366 e. The fraction of sp³-hybridized carbons (Fsp3) is 0.0526. The molecular formula is C19H16N2O2S. The Hall–Kier alpha value is -2.92. The zero-order chi connectivity index (χ0) is 17.1. The Kier molecular flexibility index (Phi) is 4.44. The highest BCUT2D eigenvalue weighted by molar-refractivity contribution is 7.17. The van der Waals surface area contributed by atoms with E-state index >= 15 is 0 Å². The second kappa shape index (κ2) is 6.68. The summed E-state index contributed by atoms with van der Waals surface area (Å²) >= 11 is 1.43. The van der Waals surface area contributed by atoms with E-state index in [1.807, 2.05) is 43.3 Å². The van der Waals surface area contributed by atoms with Gasteiger partial charge in [0.05, 0.1) is 16.1 Å². The van der Waals surface area contributed by atoms with Crippen LogP contribution in [0.3, 0.4) is 0 Å². The van der Waals surface area contributed by atoms with Crippen molar-refractivity contribution in [1.82, 2.24) is 0 Å². The van der Waals surface area contributed by atoms with Crippen molar-refractivity contribution in [1.29, 1.82) is 0 Å². The Balaban J connectivity index is 1.88. The highest BCUT2D eigenvalue weighted by Gasteiger charge is 2.16. The SMILES string of the molecule is Cc1cc(C(=O)Nc2ccccc2C(N)=O)sc1-c1ccccc1. The van der Waals surface area contributed by atoms with Gasteiger partial charge in [0, 0.05) is 4.88 Å². The number of hydrogen-bond donors (Lipinski definition) is 2. The fourth-order valence-corrected chi connectivity index (χ4v) is 3.53. The smallest absolute Gasteiger partial charge is 0.265 e. The molecular weight excluding hydrogens is 320 g/mol. The van der Waals surface area contributed by atoms with E-state index in [9.17, 15) is 9.59 Å². The quantitative estimate of drug-likeness (QED) is 0.753. The van der Waals surface area contributed by atoms with Crippen LogP contribution in [0.2, 0.25) is 0 Å². The van der Waals surface area contributed by atoms with E-state index in [1.54, 1.807) is 24.3 Å². The van der Waals surface area contributed by atoms with Gasteiger partial charge in [-0.2, -0.15) is 0 Å². The lowest BCUT2D eigenvalue weighted by Crippen LogP contribution is -2.17. The van der Waals surface area contributed by atoms with Crippen molar-refractivity contribution in [3.05, 3.63) is 76.7 Å². The number of amides is 2. The van der Waals surface area contributed by atoms with E-state index < -0.39 is 5.91 Å². The number of carbonyl (C=O) groups is 2. The van der Waals surface area contributed by atoms with Crippen LogP contribution in [0.5, 0.6) is 0 Å². The number of aryl methyl sites for hydroxylation is 1. The summed E-state index contributed by atoms with van der Waals surface area (Å²) in [5, 5.41) is 2.77. The van der Waals surface area contributed by atoms with Gasteiger partial charge in [-0.1, -0.05) is 42.5 Å². The monoisotopic (exact) mass is 336 g/mol. The summed E-state index contributed by atoms with van der Waals surface area (Å²) in [5.41, 5.74) is 8.18. The van der Waals surface area contributed by atoms with Crippen LogP contribution in [0, 0.1) is 6.92 Å². The molecule has 24 heavy (non-hydrogen) atoms. The molecule has 0 fully saturated rings. The largest absolute Gasteiger partial charge is 0.366 e. The van der Waals surface area contributed by atoms with Gasteiger partial charge < -0.3 is 11.1 Å². The predicted octanol–water partition coefficient (Wildman–Crippen LogP) is 4.07. The van der Waals surface area contributed by atoms with E-state index in [0.29, 0.717) is 16.1 Å². The van der Waals surface area contributed by atoms with Crippen molar-refractivity contribution < 1.29 is 9.59 Å². The van der Waals surface area contributed by atoms with Gasteiger partial charge in [0.2, 0.25) is 0 Å². The van der Waals surface area contributed by atoms with Crippen LogP contribution in [-0.2, 0) is 0 Å². The third-order valence-corrected chi connectivity index (χ3v) is 4.90. The van der Waals surface area contributed by atoms with Gasteiger partial charge in [-0.05, 0) is 36.2 Å². The van der Waals surface area contributed by atoms with Crippen LogP contribution in [0.25, 0.3) is 10.4 Å². The van der Waals surface area contributed by atoms with Crippen molar-refractivity contribution in [3.8, 4) is 10.4 Å². The van der Waals surface area contributed by atoms with Crippen LogP contribution >= 0.6 is 11.3 Å². The predicted molar refractivity (Wildman–Crippen MR) is 97.4 cm³/mol. The molecule has 0 radical (unpaired) electrons. The van der Waals surface area contributed by atoms with Gasteiger partial charge in [0.15, 0.2) is 0 Å². The van der Waals surface area contributed by atoms with E-state index in [4.69, 9.17) is 5.73 Å². The molecule has 4 nitrogen and oxygen atoms in total. The molecule has 0 aliphatic heterocycles. The van der Waals surface area contributed by atoms with E-state index in [-0.39, 0.29) is 5.91 Å². The molecule has 0 bridgehead atoms. The molecule has 0 saturated heterocycles. The highest BCUT2D eigenvalue weighted by Crippen LogP contribution is 2.32. The lowest BCUT2D eigenvalue weighted by molar-refractivity contribution is 0.100. The maximum atomic E-state index is 12.5. The molecule has 0 aliphatic carbocycles. The minimum absolute atomic E-state index is 0.251. The average Bonchev–Trinajstić information content (AvgIpc) is 2.98. The first-order valence-corrected chi connectivity index (χ1v) is 8.24. The molecule has 120 valence electrons. The lowest BCUT2D eigenvalue weighted by atomic mass is 10.1. The first-order valence-electron chi connectivity index (χ1n) is 7.42. The maximum absolute atomic E-state index is 12.5. The highest BCUT2D eigenvalue weighted by atomic mass is 32.1. The first kappa shape index (κ1) is 16.0. The Morgan fingerprint density at radius 2 is 1.67 bits per heavy atom. The molecule has 0 aliphatic rings. The second-order valence-corrected chi connectivity index (χ2v) is 6.40. The van der Waals surface area contributed by atoms with Crippen molar-refractivity contribution in [2.45, 2.75) is 6.92 Å². The third-order valence-electron chi connectivity index (χ3n) is 3.62. The number of thiophene rings is 1. The Morgan fingerprint density at radius 3 is 2.38 bits per heavy atom. The van der Waals surface area contributed by atoms with Gasteiger partial charge in [0.25, 0.3) is 11.8 Å². The molecule has 2 amide bonds. The number of hydrogen-bond acceptors (Lipinski definition) is 3. The zero-order valence-corrected chi connectivity index (χ0v) is 13.9. The zero-order valence-electron chi connectivity index (χ0n) is 13.1. The first-order chi connectivity index (χ1) is 11.6. The van der Waals surface area contributed by atoms with E-state index in [0.717, 1.165) is 16.0 Å². The summed E-state index contributed by atoms with van der Waals surface area (Å²) in [6.07, 6.45) is 0. The normalized spacial score (nSPS) is 10.4. The average molecular weight is 336 g/mol. The van der Waals surface area contributed by atoms with Crippen LogP contribution in [0.4, 0.5) is 5.69 Å². The van der Waals surface area contributed by atoms with E-state index in [2.05, 4.69) is 5.32 Å². The number of primary amides is 1. The summed E-state index contributed by atoms with van der Waals surface area (Å²) < 4.78 is 0. The number of anilines is 1. The van der Waals surface area contributed by atoms with Crippen LogP contribution in [0.15, 0.2) is 60.7 Å². The molecule has 0 spiro atoms. The van der Waals surface area contributed by atoms with Crippen LogP contribution < -0.4 is 11.1 Å².